The van der Waals surface area contributed by atoms with Crippen LogP contribution in [-0.2, 0) is 19.6 Å². The molecule has 1 aliphatic rings. The Morgan fingerprint density at radius 3 is 2.30 bits per heavy atom. The first kappa shape index (κ1) is 33.6. The van der Waals surface area contributed by atoms with Gasteiger partial charge in [-0.15, -0.1) is 0 Å². The van der Waals surface area contributed by atoms with Gasteiger partial charge in [0.2, 0.25) is 10.0 Å². The number of aromatic nitrogens is 2. The second-order valence-electron chi connectivity index (χ2n) is 10.8. The largest absolute Gasteiger partial charge is 0.481 e. The topological polar surface area (TPSA) is 113 Å². The standard InChI is InChI=1S/C32H38N4O5S3/c1-34(2)44(40,41)27-18-14-15-24(21-27)30-25(23-36(33-30)26-16-10-9-11-17-26)22-28-31(39)35(32(42)43-28)20-13-8-6-4-3-5-7-12-19-29(37)38/h9-11,14-18,21-23H,3-8,12-13,19-20H2,1-2H3,(H,37,38)/b28-22-. The molecule has 0 atom stereocenters. The number of thiocarbonyl (C=S) groups is 1. The van der Waals surface area contributed by atoms with Crippen molar-refractivity contribution in [3.63, 3.8) is 0 Å². The number of para-hydroxylation sites is 1. The van der Waals surface area contributed by atoms with Gasteiger partial charge in [0.1, 0.15) is 10.0 Å². The number of carbonyl (C=O) groups excluding carboxylic acids is 1. The molecule has 2 aromatic carbocycles. The summed E-state index contributed by atoms with van der Waals surface area (Å²) in [4.78, 5) is 26.3. The van der Waals surface area contributed by atoms with Gasteiger partial charge < -0.3 is 5.11 Å². The van der Waals surface area contributed by atoms with Crippen molar-refractivity contribution in [1.82, 2.24) is 19.0 Å². The lowest BCUT2D eigenvalue weighted by Crippen LogP contribution is -2.29. The Morgan fingerprint density at radius 1 is 0.977 bits per heavy atom. The van der Waals surface area contributed by atoms with Crippen LogP contribution in [-0.4, -0.2) is 69.3 Å². The molecule has 0 unspecified atom stereocenters. The van der Waals surface area contributed by atoms with Crippen LogP contribution in [0.2, 0.25) is 0 Å². The Bertz CT molecular complexity index is 1620. The Balaban J connectivity index is 1.47. The van der Waals surface area contributed by atoms with Gasteiger partial charge in [0.15, 0.2) is 0 Å². The van der Waals surface area contributed by atoms with Crippen molar-refractivity contribution < 1.29 is 23.1 Å². The van der Waals surface area contributed by atoms with E-state index in [4.69, 9.17) is 22.4 Å². The van der Waals surface area contributed by atoms with Crippen LogP contribution in [0.5, 0.6) is 0 Å². The predicted molar refractivity (Wildman–Crippen MR) is 179 cm³/mol. The molecule has 0 spiro atoms. The van der Waals surface area contributed by atoms with E-state index in [1.807, 2.05) is 42.6 Å². The first-order valence-corrected chi connectivity index (χ1v) is 17.4. The molecule has 44 heavy (non-hydrogen) atoms. The van der Waals surface area contributed by atoms with Gasteiger partial charge in [0.25, 0.3) is 5.91 Å². The number of rotatable bonds is 16. The summed E-state index contributed by atoms with van der Waals surface area (Å²) >= 11 is 6.84. The highest BCUT2D eigenvalue weighted by molar-refractivity contribution is 8.26. The molecule has 1 amide bonds. The molecule has 0 radical (unpaired) electrons. The van der Waals surface area contributed by atoms with E-state index in [1.165, 1.54) is 30.2 Å². The number of aliphatic carboxylic acids is 1. The lowest BCUT2D eigenvalue weighted by molar-refractivity contribution is -0.137. The molecule has 1 aliphatic heterocycles. The van der Waals surface area contributed by atoms with Crippen molar-refractivity contribution >= 4 is 56.3 Å². The summed E-state index contributed by atoms with van der Waals surface area (Å²) in [6, 6.07) is 16.2. The maximum Gasteiger partial charge on any atom is 0.303 e. The van der Waals surface area contributed by atoms with E-state index in [9.17, 15) is 18.0 Å². The molecule has 234 valence electrons. The zero-order valence-corrected chi connectivity index (χ0v) is 27.5. The van der Waals surface area contributed by atoms with Gasteiger partial charge in [0, 0.05) is 44.4 Å². The van der Waals surface area contributed by atoms with Gasteiger partial charge in [-0.25, -0.2) is 17.4 Å². The molecule has 4 rings (SSSR count). The van der Waals surface area contributed by atoms with Crippen molar-refractivity contribution in [1.29, 1.82) is 0 Å². The molecule has 1 saturated heterocycles. The van der Waals surface area contributed by atoms with E-state index in [-0.39, 0.29) is 17.2 Å². The zero-order valence-electron chi connectivity index (χ0n) is 25.0. The highest BCUT2D eigenvalue weighted by Gasteiger charge is 2.32. The van der Waals surface area contributed by atoms with Crippen molar-refractivity contribution in [3.05, 3.63) is 71.3 Å². The van der Waals surface area contributed by atoms with Gasteiger partial charge >= 0.3 is 5.97 Å². The molecule has 0 bridgehead atoms. The molecule has 3 aromatic rings. The van der Waals surface area contributed by atoms with E-state index < -0.39 is 16.0 Å². The Kier molecular flexibility index (Phi) is 11.9. The molecule has 2 heterocycles. The van der Waals surface area contributed by atoms with Crippen molar-refractivity contribution in [3.8, 4) is 16.9 Å². The summed E-state index contributed by atoms with van der Waals surface area (Å²) in [6.45, 7) is 0.557. The van der Waals surface area contributed by atoms with E-state index in [2.05, 4.69) is 0 Å². The predicted octanol–water partition coefficient (Wildman–Crippen LogP) is 6.59. The quantitative estimate of drug-likeness (QED) is 0.105. The summed E-state index contributed by atoms with van der Waals surface area (Å²) < 4.78 is 29.1. The smallest absolute Gasteiger partial charge is 0.303 e. The number of hydrogen-bond acceptors (Lipinski definition) is 7. The monoisotopic (exact) mass is 654 g/mol. The van der Waals surface area contributed by atoms with Gasteiger partial charge in [0.05, 0.1) is 15.5 Å². The van der Waals surface area contributed by atoms with Crippen molar-refractivity contribution in [2.75, 3.05) is 20.6 Å². The number of sulfonamides is 1. The third-order valence-electron chi connectivity index (χ3n) is 7.33. The van der Waals surface area contributed by atoms with Crippen LogP contribution in [0.4, 0.5) is 0 Å². The molecule has 0 saturated carbocycles. The van der Waals surface area contributed by atoms with Crippen LogP contribution in [0.15, 0.2) is 70.6 Å². The molecule has 9 nitrogen and oxygen atoms in total. The van der Waals surface area contributed by atoms with Crippen LogP contribution in [0.1, 0.15) is 63.4 Å². The third-order valence-corrected chi connectivity index (χ3v) is 10.5. The van der Waals surface area contributed by atoms with Crippen molar-refractivity contribution in [2.45, 2.75) is 62.7 Å². The minimum Gasteiger partial charge on any atom is -0.481 e. The third kappa shape index (κ3) is 8.65. The molecule has 1 fully saturated rings. The zero-order chi connectivity index (χ0) is 31.7. The summed E-state index contributed by atoms with van der Waals surface area (Å²) in [7, 11) is -0.667. The molecular weight excluding hydrogens is 617 g/mol. The molecule has 12 heteroatoms. The van der Waals surface area contributed by atoms with Crippen LogP contribution < -0.4 is 0 Å². The number of hydrogen-bond donors (Lipinski definition) is 1. The molecule has 0 aliphatic carbocycles. The number of carboxylic acids is 1. The normalized spacial score (nSPS) is 14.7. The molecular formula is C32H38N4O5S3. The highest BCUT2D eigenvalue weighted by Crippen LogP contribution is 2.35. The lowest BCUT2D eigenvalue weighted by atomic mass is 10.1. The number of amides is 1. The first-order valence-electron chi connectivity index (χ1n) is 14.7. The Morgan fingerprint density at radius 2 is 1.64 bits per heavy atom. The minimum atomic E-state index is -3.65. The number of thioether (sulfide) groups is 1. The highest BCUT2D eigenvalue weighted by atomic mass is 32.2. The maximum atomic E-state index is 13.4. The SMILES string of the molecule is CN(C)S(=O)(=O)c1cccc(-c2nn(-c3ccccc3)cc2/C=C2\SC(=S)N(CCCCCCCCCCC(=O)O)C2=O)c1. The number of carboxylic acid groups (broad SMARTS) is 1. The van der Waals surface area contributed by atoms with E-state index in [1.54, 1.807) is 33.9 Å². The summed E-state index contributed by atoms with van der Waals surface area (Å²) in [5.41, 5.74) is 2.68. The average molecular weight is 655 g/mol. The summed E-state index contributed by atoms with van der Waals surface area (Å²) in [5, 5.41) is 13.5. The average Bonchev–Trinajstić information content (AvgIpc) is 3.54. The maximum absolute atomic E-state index is 13.4. The Labute approximate surface area is 269 Å². The second-order valence-corrected chi connectivity index (χ2v) is 14.7. The van der Waals surface area contributed by atoms with Crippen LogP contribution in [0.25, 0.3) is 23.0 Å². The van der Waals surface area contributed by atoms with Crippen LogP contribution in [0, 0.1) is 0 Å². The lowest BCUT2D eigenvalue weighted by Gasteiger charge is -2.14. The fourth-order valence-corrected chi connectivity index (χ4v) is 7.13. The fraction of sp³-hybridized carbons (Fsp3) is 0.375. The Hall–Kier alpha value is -3.32. The van der Waals surface area contributed by atoms with E-state index in [0.717, 1.165) is 57.1 Å². The number of nitrogens with zero attached hydrogens (tertiary/aromatic N) is 4. The second kappa shape index (κ2) is 15.6. The minimum absolute atomic E-state index is 0.138. The van der Waals surface area contributed by atoms with Crippen molar-refractivity contribution in [2.24, 2.45) is 0 Å². The summed E-state index contributed by atoms with van der Waals surface area (Å²) in [6.07, 6.45) is 11.7. The summed E-state index contributed by atoms with van der Waals surface area (Å²) in [5.74, 6) is -0.873. The molecule has 1 N–H and O–H groups in total. The van der Waals surface area contributed by atoms with E-state index >= 15 is 0 Å². The fourth-order valence-electron chi connectivity index (χ4n) is 4.89. The van der Waals surface area contributed by atoms with E-state index in [0.29, 0.717) is 32.6 Å². The number of unbranched alkanes of at least 4 members (excludes halogenated alkanes) is 7. The molecule has 1 aromatic heterocycles. The first-order chi connectivity index (χ1) is 21.1. The van der Waals surface area contributed by atoms with Crippen LogP contribution >= 0.6 is 24.0 Å². The number of carbonyl (C=O) groups is 2. The van der Waals surface area contributed by atoms with Crippen LogP contribution in [0.3, 0.4) is 0 Å². The van der Waals surface area contributed by atoms with Gasteiger partial charge in [-0.1, -0.05) is 92.8 Å². The number of benzene rings is 2. The van der Waals surface area contributed by atoms with Gasteiger partial charge in [-0.2, -0.15) is 5.10 Å². The van der Waals surface area contributed by atoms with Gasteiger partial charge in [-0.3, -0.25) is 14.5 Å². The van der Waals surface area contributed by atoms with Gasteiger partial charge in [-0.05, 0) is 43.2 Å².